The van der Waals surface area contributed by atoms with Crippen molar-refractivity contribution in [2.75, 3.05) is 39.6 Å². The highest BCUT2D eigenvalue weighted by Gasteiger charge is 2.31. The van der Waals surface area contributed by atoms with Gasteiger partial charge in [0.05, 0.1) is 26.4 Å². The van der Waals surface area contributed by atoms with Crippen LogP contribution in [-0.2, 0) is 65.4 Å². The van der Waals surface area contributed by atoms with Gasteiger partial charge in [-0.05, 0) is 49.4 Å². The largest absolute Gasteiger partial charge is 0.472 e. The molecule has 19 heteroatoms. The fraction of sp³-hybridized carbons (Fsp3) is 0.954. The Bertz CT molecular complexity index is 2060. The van der Waals surface area contributed by atoms with Crippen LogP contribution in [-0.4, -0.2) is 96.7 Å². The van der Waals surface area contributed by atoms with E-state index in [0.29, 0.717) is 31.6 Å². The summed E-state index contributed by atoms with van der Waals surface area (Å²) in [6.07, 6.45) is 65.3. The van der Waals surface area contributed by atoms with Crippen LogP contribution in [0.25, 0.3) is 0 Å². The van der Waals surface area contributed by atoms with Crippen LogP contribution in [0.15, 0.2) is 0 Å². The third kappa shape index (κ3) is 78.7. The zero-order valence-electron chi connectivity index (χ0n) is 70.1. The molecule has 106 heavy (non-hydrogen) atoms. The van der Waals surface area contributed by atoms with E-state index >= 15 is 0 Å². The Morgan fingerprint density at radius 2 is 0.453 bits per heavy atom. The van der Waals surface area contributed by atoms with Crippen LogP contribution in [0.4, 0.5) is 0 Å². The fourth-order valence-electron chi connectivity index (χ4n) is 13.5. The minimum absolute atomic E-state index is 0.107. The second-order valence-corrected chi connectivity index (χ2v) is 35.9. The number of unbranched alkanes of at least 4 members (excludes halogenated alkanes) is 49. The quantitative estimate of drug-likeness (QED) is 0.0222. The van der Waals surface area contributed by atoms with Gasteiger partial charge >= 0.3 is 39.5 Å². The van der Waals surface area contributed by atoms with E-state index in [1.165, 1.54) is 250 Å². The molecule has 0 aromatic heterocycles. The molecule has 0 saturated heterocycles. The van der Waals surface area contributed by atoms with Gasteiger partial charge in [-0.15, -0.1) is 0 Å². The van der Waals surface area contributed by atoms with Gasteiger partial charge in [0.15, 0.2) is 12.2 Å². The molecule has 630 valence electrons. The monoisotopic (exact) mass is 1550 g/mol. The number of carbonyl (C=O) groups excluding carboxylic acids is 4. The zero-order chi connectivity index (χ0) is 78.1. The lowest BCUT2D eigenvalue weighted by Crippen LogP contribution is -2.30. The molecule has 0 bridgehead atoms. The minimum Gasteiger partial charge on any atom is -0.462 e. The minimum atomic E-state index is -4.97. The van der Waals surface area contributed by atoms with Crippen molar-refractivity contribution in [3.63, 3.8) is 0 Å². The molecule has 0 aromatic rings. The highest BCUT2D eigenvalue weighted by Crippen LogP contribution is 2.45. The first-order chi connectivity index (χ1) is 51.1. The second-order valence-electron chi connectivity index (χ2n) is 33.0. The summed E-state index contributed by atoms with van der Waals surface area (Å²) in [5, 5.41) is 10.7. The van der Waals surface area contributed by atoms with Gasteiger partial charge in [0, 0.05) is 25.7 Å². The topological polar surface area (TPSA) is 237 Å². The number of rotatable bonds is 84. The average molecular weight is 1550 g/mol. The van der Waals surface area contributed by atoms with E-state index in [0.717, 1.165) is 114 Å². The van der Waals surface area contributed by atoms with E-state index < -0.39 is 97.5 Å². The van der Waals surface area contributed by atoms with Gasteiger partial charge in [-0.25, -0.2) is 9.13 Å². The van der Waals surface area contributed by atoms with E-state index in [2.05, 4.69) is 55.4 Å². The van der Waals surface area contributed by atoms with Crippen molar-refractivity contribution >= 4 is 39.5 Å². The van der Waals surface area contributed by atoms with Gasteiger partial charge in [0.25, 0.3) is 0 Å². The molecule has 0 aromatic carbocycles. The Balaban J connectivity index is 5.21. The molecule has 4 unspecified atom stereocenters. The summed E-state index contributed by atoms with van der Waals surface area (Å²) < 4.78 is 68.9. The van der Waals surface area contributed by atoms with Crippen molar-refractivity contribution in [1.29, 1.82) is 0 Å². The Kier molecular flexibility index (Phi) is 74.3. The van der Waals surface area contributed by atoms with Crippen molar-refractivity contribution < 1.29 is 80.2 Å². The number of hydrogen-bond donors (Lipinski definition) is 3. The Labute approximate surface area is 651 Å². The molecule has 3 N–H and O–H groups in total. The Morgan fingerprint density at radius 1 is 0.264 bits per heavy atom. The van der Waals surface area contributed by atoms with E-state index in [1.54, 1.807) is 0 Å². The fourth-order valence-corrected chi connectivity index (χ4v) is 15.0. The SMILES string of the molecule is CCC(C)CCCCCCCCCCCCCCCCCCCCC(=O)O[C@H](COC(=O)CCCCCCCCCC(C)C)COP(=O)(O)OCC(O)COP(=O)(O)OC[C@@H](COC(=O)CCCCCCCCCCCCCCCC(C)C)OC(=O)CCCCCCCCCCCCCCCCCC(C)C. The van der Waals surface area contributed by atoms with Gasteiger partial charge in [-0.2, -0.15) is 0 Å². The average Bonchev–Trinajstić information content (AvgIpc) is 0.900. The summed E-state index contributed by atoms with van der Waals surface area (Å²) in [4.78, 5) is 73.2. The number of aliphatic hydroxyl groups excluding tert-OH is 1. The van der Waals surface area contributed by atoms with Crippen LogP contribution in [0.5, 0.6) is 0 Å². The lowest BCUT2D eigenvalue weighted by Gasteiger charge is -2.21. The molecule has 0 aliphatic rings. The van der Waals surface area contributed by atoms with Crippen molar-refractivity contribution in [3.05, 3.63) is 0 Å². The van der Waals surface area contributed by atoms with Gasteiger partial charge in [-0.1, -0.05) is 402 Å². The molecule has 0 aliphatic carbocycles. The molecule has 0 spiro atoms. The summed E-state index contributed by atoms with van der Waals surface area (Å²) in [5.74, 6) is 1.06. The van der Waals surface area contributed by atoms with Crippen molar-refractivity contribution in [1.82, 2.24) is 0 Å². The van der Waals surface area contributed by atoms with Crippen molar-refractivity contribution in [2.24, 2.45) is 23.7 Å². The van der Waals surface area contributed by atoms with Crippen LogP contribution in [0.3, 0.4) is 0 Å². The van der Waals surface area contributed by atoms with Crippen LogP contribution < -0.4 is 0 Å². The van der Waals surface area contributed by atoms with Gasteiger partial charge in [0.1, 0.15) is 19.3 Å². The van der Waals surface area contributed by atoms with Crippen LogP contribution in [0.2, 0.25) is 0 Å². The Morgan fingerprint density at radius 3 is 0.670 bits per heavy atom. The lowest BCUT2D eigenvalue weighted by atomic mass is 9.99. The maximum Gasteiger partial charge on any atom is 0.472 e. The summed E-state index contributed by atoms with van der Waals surface area (Å²) in [7, 11) is -9.93. The third-order valence-corrected chi connectivity index (χ3v) is 22.6. The summed E-state index contributed by atoms with van der Waals surface area (Å²) in [5.41, 5.74) is 0. The first-order valence-corrected chi connectivity index (χ1v) is 47.7. The van der Waals surface area contributed by atoms with E-state index in [1.807, 2.05) is 0 Å². The highest BCUT2D eigenvalue weighted by molar-refractivity contribution is 7.47. The van der Waals surface area contributed by atoms with Crippen molar-refractivity contribution in [2.45, 2.75) is 472 Å². The number of phosphoric acid groups is 2. The molecule has 0 heterocycles. The summed E-state index contributed by atoms with van der Waals surface area (Å²) >= 11 is 0. The molecule has 0 fully saturated rings. The zero-order valence-corrected chi connectivity index (χ0v) is 71.9. The standard InChI is InChI=1S/C87H170O17P2/c1-9-80(8)66-58-50-42-34-28-22-16-12-10-11-13-17-23-30-36-44-53-61-70-87(92)104-83(74-98-85(90)68-60-52-46-38-41-49-57-65-79(6)7)76-102-106(95,96)100-72-81(88)71-99-105(93,94)101-75-82(73-97-84(89)67-59-51-43-35-29-25-19-21-27-33-40-48-56-64-78(4)5)103-86(91)69-62-54-45-37-31-24-18-14-15-20-26-32-39-47-55-63-77(2)3/h77-83,88H,9-76H2,1-8H3,(H,93,94)(H,95,96)/t80?,81?,82-,83-/m1/s1. The summed E-state index contributed by atoms with van der Waals surface area (Å²) in [6.45, 7) is 14.3. The molecule has 0 rings (SSSR count). The Hall–Kier alpha value is -1.94. The number of phosphoric ester groups is 2. The number of aliphatic hydroxyl groups is 1. The van der Waals surface area contributed by atoms with Crippen molar-refractivity contribution in [3.8, 4) is 0 Å². The molecule has 17 nitrogen and oxygen atoms in total. The maximum atomic E-state index is 13.1. The first-order valence-electron chi connectivity index (χ1n) is 44.7. The molecular formula is C87H170O17P2. The molecule has 0 saturated carbocycles. The molecular weight excluding hydrogens is 1380 g/mol. The van der Waals surface area contributed by atoms with E-state index in [4.69, 9.17) is 37.0 Å². The molecule has 6 atom stereocenters. The number of hydrogen-bond acceptors (Lipinski definition) is 15. The van der Waals surface area contributed by atoms with E-state index in [-0.39, 0.29) is 25.7 Å². The maximum absolute atomic E-state index is 13.1. The highest BCUT2D eigenvalue weighted by atomic mass is 31.2. The van der Waals surface area contributed by atoms with Crippen LogP contribution in [0.1, 0.15) is 453 Å². The van der Waals surface area contributed by atoms with Gasteiger partial charge < -0.3 is 33.8 Å². The second kappa shape index (κ2) is 75.7. The summed E-state index contributed by atoms with van der Waals surface area (Å²) in [6, 6.07) is 0. The number of esters is 4. The van der Waals surface area contributed by atoms with E-state index in [9.17, 15) is 43.2 Å². The molecule has 0 aliphatic heterocycles. The third-order valence-electron chi connectivity index (χ3n) is 20.7. The molecule has 0 amide bonds. The number of carbonyl (C=O) groups is 4. The predicted molar refractivity (Wildman–Crippen MR) is 437 cm³/mol. The number of ether oxygens (including phenoxy) is 4. The van der Waals surface area contributed by atoms with Gasteiger partial charge in [-0.3, -0.25) is 37.3 Å². The smallest absolute Gasteiger partial charge is 0.462 e. The van der Waals surface area contributed by atoms with Gasteiger partial charge in [0.2, 0.25) is 0 Å². The first kappa shape index (κ1) is 104. The lowest BCUT2D eigenvalue weighted by molar-refractivity contribution is -0.161. The van der Waals surface area contributed by atoms with Crippen LogP contribution in [0, 0.1) is 23.7 Å². The molecule has 0 radical (unpaired) electrons. The normalized spacial score (nSPS) is 14.2. The predicted octanol–water partition coefficient (Wildman–Crippen LogP) is 26.3. The van der Waals surface area contributed by atoms with Crippen LogP contribution >= 0.6 is 15.6 Å².